The van der Waals surface area contributed by atoms with Gasteiger partial charge < -0.3 is 38.4 Å². The van der Waals surface area contributed by atoms with Crippen molar-refractivity contribution in [3.8, 4) is 0 Å². The second-order valence-corrected chi connectivity index (χ2v) is 20.8. The van der Waals surface area contributed by atoms with Crippen LogP contribution in [0.5, 0.6) is 0 Å². The summed E-state index contributed by atoms with van der Waals surface area (Å²) in [5, 5.41) is 0. The van der Waals surface area contributed by atoms with E-state index < -0.39 is 0 Å². The topological polar surface area (TPSA) is 110 Å². The Balaban J connectivity index is 0.000000509. The normalized spacial score (nSPS) is 40.6. The van der Waals surface area contributed by atoms with Gasteiger partial charge in [0.05, 0.1) is 25.9 Å². The molecule has 11 atom stereocenters. The summed E-state index contributed by atoms with van der Waals surface area (Å²) < 4.78 is 29.3. The lowest BCUT2D eigenvalue weighted by molar-refractivity contribution is -0.151. The summed E-state index contributed by atoms with van der Waals surface area (Å²) in [6.45, 7) is 20.1. The van der Waals surface area contributed by atoms with E-state index in [1.54, 1.807) is 12.0 Å². The van der Waals surface area contributed by atoms with Crippen LogP contribution >= 0.6 is 0 Å². The van der Waals surface area contributed by atoms with Gasteiger partial charge in [0.1, 0.15) is 12.2 Å². The molecule has 0 aromatic carbocycles. The van der Waals surface area contributed by atoms with E-state index in [0.29, 0.717) is 28.1 Å². The van der Waals surface area contributed by atoms with Crippen molar-refractivity contribution in [1.29, 1.82) is 0 Å². The Morgan fingerprint density at radius 1 is 0.719 bits per heavy atom. The van der Waals surface area contributed by atoms with Crippen LogP contribution in [0.1, 0.15) is 112 Å². The predicted octanol–water partition coefficient (Wildman–Crippen LogP) is 7.29. The fourth-order valence-corrected chi connectivity index (χ4v) is 14.2. The minimum Gasteiger partial charge on any atom is -0.453 e. The van der Waals surface area contributed by atoms with Crippen LogP contribution in [-0.2, 0) is 23.7 Å². The molecule has 4 heterocycles. The van der Waals surface area contributed by atoms with Crippen LogP contribution < -0.4 is 0 Å². The van der Waals surface area contributed by atoms with Crippen LogP contribution in [0.4, 0.5) is 14.4 Å². The number of hydrogen-bond acceptors (Lipinski definition) is 9. The van der Waals surface area contributed by atoms with Gasteiger partial charge in [-0.1, -0.05) is 34.6 Å². The van der Waals surface area contributed by atoms with Crippen LogP contribution in [0, 0.1) is 51.2 Å². The molecule has 322 valence electrons. The highest BCUT2D eigenvalue weighted by molar-refractivity contribution is 5.69. The van der Waals surface area contributed by atoms with Crippen molar-refractivity contribution in [3.05, 3.63) is 0 Å². The number of amides is 3. The highest BCUT2D eigenvalue weighted by Crippen LogP contribution is 2.87. The average molecular weight is 799 g/mol. The molecular formula is C45H74N4O8. The van der Waals surface area contributed by atoms with Gasteiger partial charge in [-0.25, -0.2) is 14.4 Å². The Morgan fingerprint density at radius 2 is 1.39 bits per heavy atom. The van der Waals surface area contributed by atoms with E-state index in [1.807, 2.05) is 9.80 Å². The van der Waals surface area contributed by atoms with E-state index in [9.17, 15) is 14.4 Å². The first-order chi connectivity index (χ1) is 27.3. The van der Waals surface area contributed by atoms with Crippen LogP contribution in [0.15, 0.2) is 0 Å². The van der Waals surface area contributed by atoms with Crippen molar-refractivity contribution < 1.29 is 38.1 Å². The number of rotatable bonds is 7. The number of carbonyl (C=O) groups is 3. The van der Waals surface area contributed by atoms with Crippen LogP contribution in [0.25, 0.3) is 0 Å². The maximum Gasteiger partial charge on any atom is 0.410 e. The number of nitrogens with zero attached hydrogens (tertiary/aromatic N) is 4. The maximum absolute atomic E-state index is 13.5. The second kappa shape index (κ2) is 15.9. The Bertz CT molecular complexity index is 1480. The summed E-state index contributed by atoms with van der Waals surface area (Å²) in [5.74, 6) is 2.98. The van der Waals surface area contributed by atoms with E-state index >= 15 is 0 Å². The molecule has 0 aromatic heterocycles. The second-order valence-electron chi connectivity index (χ2n) is 20.8. The van der Waals surface area contributed by atoms with Gasteiger partial charge in [-0.2, -0.15) is 0 Å². The Morgan fingerprint density at radius 3 is 2.00 bits per heavy atom. The summed E-state index contributed by atoms with van der Waals surface area (Å²) in [4.78, 5) is 44.6. The molecule has 12 nitrogen and oxygen atoms in total. The van der Waals surface area contributed by atoms with Gasteiger partial charge in [0, 0.05) is 71.4 Å². The molecule has 0 aromatic rings. The van der Waals surface area contributed by atoms with E-state index in [1.165, 1.54) is 58.5 Å². The highest BCUT2D eigenvalue weighted by Gasteiger charge is 2.81. The molecule has 9 rings (SSSR count). The molecule has 3 amide bonds. The predicted molar refractivity (Wildman–Crippen MR) is 216 cm³/mol. The first-order valence-corrected chi connectivity index (χ1v) is 22.9. The zero-order valence-corrected chi connectivity index (χ0v) is 36.3. The number of likely N-dealkylation sites (tertiary alicyclic amines) is 2. The maximum atomic E-state index is 13.5. The monoisotopic (exact) mass is 799 g/mol. The molecule has 0 radical (unpaired) electrons. The number of carbonyl (C=O) groups excluding carboxylic acids is 3. The fourth-order valence-electron chi connectivity index (χ4n) is 14.2. The number of piperazine rings is 1. The summed E-state index contributed by atoms with van der Waals surface area (Å²) in [7, 11) is 3.15. The van der Waals surface area contributed by atoms with Crippen molar-refractivity contribution in [2.45, 2.75) is 136 Å². The Labute approximate surface area is 342 Å². The van der Waals surface area contributed by atoms with Crippen LogP contribution in [0.2, 0.25) is 0 Å². The van der Waals surface area contributed by atoms with E-state index in [2.05, 4.69) is 44.3 Å². The zero-order chi connectivity index (χ0) is 40.3. The lowest BCUT2D eigenvalue weighted by Gasteiger charge is -2.59. The van der Waals surface area contributed by atoms with Crippen LogP contribution in [-0.4, -0.2) is 142 Å². The minimum atomic E-state index is -0.198. The number of fused-ring (bicyclic) bond motifs is 4. The zero-order valence-electron chi connectivity index (χ0n) is 36.3. The summed E-state index contributed by atoms with van der Waals surface area (Å²) in [6, 6.07) is 0. The van der Waals surface area contributed by atoms with Gasteiger partial charge in [-0.3, -0.25) is 4.90 Å². The first-order valence-electron chi connectivity index (χ1n) is 22.9. The lowest BCUT2D eigenvalue weighted by atomic mass is 9.46. The van der Waals surface area contributed by atoms with Gasteiger partial charge in [0.15, 0.2) is 0 Å². The smallest absolute Gasteiger partial charge is 0.410 e. The molecular weight excluding hydrogens is 725 g/mol. The Hall–Kier alpha value is -2.31. The van der Waals surface area contributed by atoms with Gasteiger partial charge in [0.25, 0.3) is 0 Å². The third-order valence-electron chi connectivity index (χ3n) is 17.7. The van der Waals surface area contributed by atoms with Crippen molar-refractivity contribution in [2.75, 3.05) is 79.7 Å². The summed E-state index contributed by atoms with van der Waals surface area (Å²) in [6.07, 6.45) is 14.1. The quantitative estimate of drug-likeness (QED) is 0.246. The molecule has 5 saturated carbocycles. The summed E-state index contributed by atoms with van der Waals surface area (Å²) >= 11 is 0. The molecule has 0 bridgehead atoms. The lowest BCUT2D eigenvalue weighted by Crippen LogP contribution is -2.56. The van der Waals surface area contributed by atoms with Gasteiger partial charge in [0.2, 0.25) is 0 Å². The molecule has 9 unspecified atom stereocenters. The molecule has 9 aliphatic rings. The minimum absolute atomic E-state index is 0.00510. The van der Waals surface area contributed by atoms with Crippen molar-refractivity contribution >= 4 is 18.3 Å². The third kappa shape index (κ3) is 7.15. The molecule has 5 aliphatic carbocycles. The van der Waals surface area contributed by atoms with E-state index in [0.717, 1.165) is 103 Å². The fraction of sp³-hybridized carbons (Fsp3) is 0.933. The standard InChI is InChI=1S/C40H65N3O6.C5H9NO2/c1-26(2)34(49-36(45)42-16-7-17-42)30-10-8-28-31(47-30)24-29-27-9-11-32-37(3,4)33(12-13-40(32)25-39(27,40)15-14-38(28,29)5)48-35(44)43-20-18-41(19-21-43)22-23-46-6;1-8-5(7)6-3-2-4-6/h26-34H,7-25H2,1-6H3;2-4H2,1H3/t27?,28?,29?,30?,31?,32?,33?,34-,38?,39+,40?;/m1./s1. The van der Waals surface area contributed by atoms with Gasteiger partial charge in [-0.15, -0.1) is 0 Å². The Kier molecular flexibility index (Phi) is 11.6. The third-order valence-corrected chi connectivity index (χ3v) is 17.7. The first kappa shape index (κ1) is 41.4. The summed E-state index contributed by atoms with van der Waals surface area (Å²) in [5.41, 5.74) is 1.22. The van der Waals surface area contributed by atoms with Gasteiger partial charge >= 0.3 is 18.3 Å². The number of hydrogen-bond donors (Lipinski definition) is 0. The molecule has 57 heavy (non-hydrogen) atoms. The molecule has 0 N–H and O–H groups in total. The van der Waals surface area contributed by atoms with Crippen molar-refractivity contribution in [2.24, 2.45) is 51.2 Å². The van der Waals surface area contributed by atoms with Crippen LogP contribution in [0.3, 0.4) is 0 Å². The average Bonchev–Trinajstić information content (AvgIpc) is 3.72. The van der Waals surface area contributed by atoms with Gasteiger partial charge in [-0.05, 0) is 123 Å². The molecule has 2 spiro atoms. The van der Waals surface area contributed by atoms with E-state index in [-0.39, 0.29) is 54.0 Å². The van der Waals surface area contributed by atoms with Crippen molar-refractivity contribution in [3.63, 3.8) is 0 Å². The van der Waals surface area contributed by atoms with Crippen molar-refractivity contribution in [1.82, 2.24) is 19.6 Å². The highest BCUT2D eigenvalue weighted by atomic mass is 16.6. The SMILES string of the molecule is COC(=O)N1CCC1.COCCN1CCN(C(=O)OC2CCC34C[C@]35CCC3(C)C6CCC([C@H](OC(=O)N7CCC7)C(C)C)OC6CC3C5CCC4C2(C)C)CC1. The molecule has 4 saturated heterocycles. The number of methoxy groups -OCH3 is 2. The number of ether oxygens (including phenoxy) is 5. The van der Waals surface area contributed by atoms with E-state index in [4.69, 9.17) is 18.9 Å². The molecule has 9 fully saturated rings. The largest absolute Gasteiger partial charge is 0.453 e. The molecule has 12 heteroatoms. The molecule has 4 aliphatic heterocycles.